The van der Waals surface area contributed by atoms with Gasteiger partial charge >= 0.3 is 0 Å². The monoisotopic (exact) mass is 184 g/mol. The van der Waals surface area contributed by atoms with Gasteiger partial charge in [-0.25, -0.2) is 4.39 Å². The predicted molar refractivity (Wildman–Crippen MR) is 49.9 cm³/mol. The van der Waals surface area contributed by atoms with Crippen LogP contribution in [0.4, 0.5) is 10.1 Å². The first-order valence-corrected chi connectivity index (χ1v) is 4.16. The molecule has 0 bridgehead atoms. The van der Waals surface area contributed by atoms with Gasteiger partial charge in [0, 0.05) is 18.8 Å². The molecule has 0 aliphatic rings. The zero-order chi connectivity index (χ0) is 10.0. The highest BCUT2D eigenvalue weighted by atomic mass is 19.1. The van der Waals surface area contributed by atoms with Gasteiger partial charge in [0.05, 0.1) is 0 Å². The van der Waals surface area contributed by atoms with Crippen LogP contribution in [0.3, 0.4) is 0 Å². The van der Waals surface area contributed by atoms with Gasteiger partial charge in [-0.3, -0.25) is 4.79 Å². The third kappa shape index (κ3) is 2.31. The summed E-state index contributed by atoms with van der Waals surface area (Å²) in [4.78, 5) is 11.3. The molecule has 0 saturated heterocycles. The maximum atomic E-state index is 12.8. The molecule has 0 unspecified atom stereocenters. The van der Waals surface area contributed by atoms with Crippen LogP contribution in [-0.4, -0.2) is 4.57 Å². The summed E-state index contributed by atoms with van der Waals surface area (Å²) >= 11 is 0. The lowest BCUT2D eigenvalue weighted by molar-refractivity contribution is 0.496. The molecule has 0 radical (unpaired) electrons. The summed E-state index contributed by atoms with van der Waals surface area (Å²) in [5.41, 5.74) is 4.96. The van der Waals surface area contributed by atoms with Crippen molar-refractivity contribution in [3.63, 3.8) is 0 Å². The molecule has 0 aromatic carbocycles. The first kappa shape index (κ1) is 9.77. The molecule has 3 nitrogen and oxygen atoms in total. The maximum Gasteiger partial charge on any atom is 0.273 e. The van der Waals surface area contributed by atoms with E-state index in [1.54, 1.807) is 0 Å². The van der Waals surface area contributed by atoms with Crippen molar-refractivity contribution in [3.8, 4) is 0 Å². The van der Waals surface area contributed by atoms with Crippen molar-refractivity contribution >= 4 is 5.69 Å². The minimum absolute atomic E-state index is 0.0411. The fraction of sp³-hybridized carbons (Fsp3) is 0.444. The van der Waals surface area contributed by atoms with Crippen molar-refractivity contribution in [2.75, 3.05) is 5.73 Å². The van der Waals surface area contributed by atoms with Gasteiger partial charge in [-0.2, -0.15) is 0 Å². The molecule has 72 valence electrons. The predicted octanol–water partition coefficient (Wildman–Crippen LogP) is 1.23. The van der Waals surface area contributed by atoms with Gasteiger partial charge in [-0.05, 0) is 5.92 Å². The molecule has 2 N–H and O–H groups in total. The Balaban J connectivity index is 3.13. The summed E-state index contributed by atoms with van der Waals surface area (Å²) in [7, 11) is 0. The van der Waals surface area contributed by atoms with Crippen LogP contribution in [0, 0.1) is 11.7 Å². The van der Waals surface area contributed by atoms with Crippen LogP contribution in [0.25, 0.3) is 0 Å². The Morgan fingerprint density at radius 3 is 2.77 bits per heavy atom. The molecular weight excluding hydrogens is 171 g/mol. The number of anilines is 1. The number of nitrogens with zero attached hydrogens (tertiary/aromatic N) is 1. The molecule has 1 heterocycles. The average molecular weight is 184 g/mol. The summed E-state index contributed by atoms with van der Waals surface area (Å²) in [5, 5.41) is 0. The SMILES string of the molecule is CC(C)Cn1cc(F)cc(N)c1=O. The van der Waals surface area contributed by atoms with Crippen molar-refractivity contribution in [1.82, 2.24) is 4.57 Å². The highest BCUT2D eigenvalue weighted by Gasteiger charge is 2.04. The largest absolute Gasteiger partial charge is 0.394 e. The zero-order valence-electron chi connectivity index (χ0n) is 7.75. The summed E-state index contributed by atoms with van der Waals surface area (Å²) in [6, 6.07) is 1.04. The van der Waals surface area contributed by atoms with Crippen LogP contribution in [0.2, 0.25) is 0 Å². The summed E-state index contributed by atoms with van der Waals surface area (Å²) in [5.74, 6) is -0.184. The molecule has 0 saturated carbocycles. The van der Waals surface area contributed by atoms with E-state index < -0.39 is 5.82 Å². The first-order valence-electron chi connectivity index (χ1n) is 4.16. The lowest BCUT2D eigenvalue weighted by Gasteiger charge is -2.08. The number of aromatic nitrogens is 1. The molecular formula is C9H13FN2O. The van der Waals surface area contributed by atoms with Crippen molar-refractivity contribution < 1.29 is 4.39 Å². The zero-order valence-corrected chi connectivity index (χ0v) is 7.75. The van der Waals surface area contributed by atoms with Crippen molar-refractivity contribution in [2.24, 2.45) is 5.92 Å². The molecule has 0 atom stereocenters. The number of nitrogens with two attached hydrogens (primary N) is 1. The van der Waals surface area contributed by atoms with Gasteiger partial charge in [0.15, 0.2) is 0 Å². The van der Waals surface area contributed by atoms with E-state index >= 15 is 0 Å². The number of hydrogen-bond donors (Lipinski definition) is 1. The highest BCUT2D eigenvalue weighted by Crippen LogP contribution is 2.02. The third-order valence-corrected chi connectivity index (χ3v) is 1.64. The van der Waals surface area contributed by atoms with Crippen LogP contribution in [0.5, 0.6) is 0 Å². The standard InChI is InChI=1S/C9H13FN2O/c1-6(2)4-12-5-7(10)3-8(11)9(12)13/h3,5-6H,4,11H2,1-2H3. The molecule has 0 amide bonds. The summed E-state index contributed by atoms with van der Waals surface area (Å²) < 4.78 is 14.1. The second-order valence-corrected chi connectivity index (χ2v) is 3.47. The van der Waals surface area contributed by atoms with E-state index in [1.165, 1.54) is 10.8 Å². The fourth-order valence-corrected chi connectivity index (χ4v) is 1.15. The van der Waals surface area contributed by atoms with Crippen molar-refractivity contribution in [3.05, 3.63) is 28.4 Å². The molecule has 1 rings (SSSR count). The molecule has 0 aliphatic carbocycles. The summed E-state index contributed by atoms with van der Waals surface area (Å²) in [6.07, 6.45) is 1.18. The number of pyridine rings is 1. The number of hydrogen-bond acceptors (Lipinski definition) is 2. The maximum absolute atomic E-state index is 12.8. The lowest BCUT2D eigenvalue weighted by Crippen LogP contribution is -2.24. The Morgan fingerprint density at radius 1 is 1.62 bits per heavy atom. The van der Waals surface area contributed by atoms with E-state index in [-0.39, 0.29) is 11.2 Å². The lowest BCUT2D eigenvalue weighted by atomic mass is 10.2. The molecule has 13 heavy (non-hydrogen) atoms. The molecule has 0 spiro atoms. The Kier molecular flexibility index (Phi) is 2.70. The average Bonchev–Trinajstić information content (AvgIpc) is 1.98. The van der Waals surface area contributed by atoms with Gasteiger partial charge in [-0.1, -0.05) is 13.8 Å². The van der Waals surface area contributed by atoms with Crippen LogP contribution in [0.15, 0.2) is 17.1 Å². The van der Waals surface area contributed by atoms with Gasteiger partial charge in [-0.15, -0.1) is 0 Å². The molecule has 1 aromatic heterocycles. The quantitative estimate of drug-likeness (QED) is 0.751. The highest BCUT2D eigenvalue weighted by molar-refractivity contribution is 5.34. The van der Waals surface area contributed by atoms with Gasteiger partial charge < -0.3 is 10.3 Å². The topological polar surface area (TPSA) is 48.0 Å². The second kappa shape index (κ2) is 3.60. The molecule has 0 aliphatic heterocycles. The first-order chi connectivity index (χ1) is 6.00. The van der Waals surface area contributed by atoms with Crippen LogP contribution in [0.1, 0.15) is 13.8 Å². The number of nitrogen functional groups attached to an aromatic ring is 1. The van der Waals surface area contributed by atoms with Gasteiger partial charge in [0.25, 0.3) is 5.56 Å². The normalized spacial score (nSPS) is 10.8. The van der Waals surface area contributed by atoms with E-state index in [9.17, 15) is 9.18 Å². The Bertz CT molecular complexity index is 357. The number of rotatable bonds is 2. The van der Waals surface area contributed by atoms with Gasteiger partial charge in [0.2, 0.25) is 0 Å². The Morgan fingerprint density at radius 2 is 2.23 bits per heavy atom. The van der Waals surface area contributed by atoms with Crippen molar-refractivity contribution in [2.45, 2.75) is 20.4 Å². The third-order valence-electron chi connectivity index (χ3n) is 1.64. The van der Waals surface area contributed by atoms with E-state index in [2.05, 4.69) is 0 Å². The van der Waals surface area contributed by atoms with Crippen LogP contribution in [-0.2, 0) is 6.54 Å². The molecule has 1 aromatic rings. The smallest absolute Gasteiger partial charge is 0.273 e. The van der Waals surface area contributed by atoms with E-state index in [4.69, 9.17) is 5.73 Å². The number of halogens is 1. The minimum atomic E-state index is -0.474. The van der Waals surface area contributed by atoms with Crippen LogP contribution >= 0.6 is 0 Å². The minimum Gasteiger partial charge on any atom is -0.394 e. The van der Waals surface area contributed by atoms with Gasteiger partial charge in [0.1, 0.15) is 11.5 Å². The van der Waals surface area contributed by atoms with Crippen molar-refractivity contribution in [1.29, 1.82) is 0 Å². The molecule has 4 heteroatoms. The molecule has 0 fully saturated rings. The van der Waals surface area contributed by atoms with Crippen LogP contribution < -0.4 is 11.3 Å². The fourth-order valence-electron chi connectivity index (χ4n) is 1.15. The summed E-state index contributed by atoms with van der Waals surface area (Å²) in [6.45, 7) is 4.39. The second-order valence-electron chi connectivity index (χ2n) is 3.47. The Hall–Kier alpha value is -1.32. The van der Waals surface area contributed by atoms with E-state index in [1.807, 2.05) is 13.8 Å². The van der Waals surface area contributed by atoms with E-state index in [0.717, 1.165) is 6.07 Å². The van der Waals surface area contributed by atoms with E-state index in [0.29, 0.717) is 12.5 Å². The Labute approximate surface area is 76.0 Å².